The average molecular weight is 401 g/mol. The summed E-state index contributed by atoms with van der Waals surface area (Å²) in [5.74, 6) is 2.03. The zero-order valence-corrected chi connectivity index (χ0v) is 17.2. The number of ether oxygens (including phenoxy) is 1. The van der Waals surface area contributed by atoms with Crippen molar-refractivity contribution >= 4 is 17.2 Å². The van der Waals surface area contributed by atoms with Crippen LogP contribution in [-0.4, -0.2) is 28.8 Å². The Morgan fingerprint density at radius 3 is 2.07 bits per heavy atom. The molecule has 2 N–H and O–H groups in total. The predicted molar refractivity (Wildman–Crippen MR) is 115 cm³/mol. The monoisotopic (exact) mass is 400 g/mol. The second-order valence-electron chi connectivity index (χ2n) is 7.37. The smallest absolute Gasteiger partial charge is 0.119 e. The van der Waals surface area contributed by atoms with Crippen molar-refractivity contribution < 1.29 is 14.9 Å². The van der Waals surface area contributed by atoms with E-state index in [0.717, 1.165) is 49.0 Å². The van der Waals surface area contributed by atoms with Crippen LogP contribution in [0.25, 0.3) is 5.57 Å². The third-order valence-corrected chi connectivity index (χ3v) is 5.69. The van der Waals surface area contributed by atoms with Crippen molar-refractivity contribution in [1.82, 2.24) is 0 Å². The van der Waals surface area contributed by atoms with E-state index in [1.165, 1.54) is 11.1 Å². The van der Waals surface area contributed by atoms with Gasteiger partial charge in [-0.05, 0) is 79.0 Å². The van der Waals surface area contributed by atoms with Crippen molar-refractivity contribution in [3.63, 3.8) is 0 Å². The Labute approximate surface area is 172 Å². The molecule has 0 amide bonds. The van der Waals surface area contributed by atoms with E-state index in [1.807, 2.05) is 24.3 Å². The standard InChI is InChI=1S/C24H29ClO3/c1-2-23(17-3-9-20(26)10-4-17)24(18-5-11-21(27)12-6-18)19-7-13-22(14-8-19)28-16-15-25/h5-8,11-14,17,20,26-27H,2-4,9-10,15-16H2,1H3/b24-23+. The second kappa shape index (κ2) is 9.99. The van der Waals surface area contributed by atoms with Crippen molar-refractivity contribution in [2.45, 2.75) is 45.1 Å². The number of alkyl halides is 1. The minimum absolute atomic E-state index is 0.162. The van der Waals surface area contributed by atoms with Crippen LogP contribution in [0.4, 0.5) is 0 Å². The Hall–Kier alpha value is -1.97. The average Bonchev–Trinajstić information content (AvgIpc) is 2.73. The SMILES string of the molecule is CC/C(=C(/c1ccc(O)cc1)c1ccc(OCCCl)cc1)C1CCC(O)CC1. The van der Waals surface area contributed by atoms with Crippen LogP contribution in [0.1, 0.15) is 50.2 Å². The van der Waals surface area contributed by atoms with E-state index in [1.54, 1.807) is 12.1 Å². The number of benzene rings is 2. The number of allylic oxidation sites excluding steroid dienone is 1. The number of hydrogen-bond donors (Lipinski definition) is 2. The van der Waals surface area contributed by atoms with Crippen molar-refractivity contribution in [3.8, 4) is 11.5 Å². The summed E-state index contributed by atoms with van der Waals surface area (Å²) in [4.78, 5) is 0. The first-order valence-electron chi connectivity index (χ1n) is 10.1. The maximum Gasteiger partial charge on any atom is 0.119 e. The van der Waals surface area contributed by atoms with Gasteiger partial charge >= 0.3 is 0 Å². The molecule has 1 saturated carbocycles. The molecule has 1 aliphatic carbocycles. The van der Waals surface area contributed by atoms with Crippen molar-refractivity contribution in [1.29, 1.82) is 0 Å². The molecule has 0 atom stereocenters. The molecular weight excluding hydrogens is 372 g/mol. The molecule has 2 aromatic carbocycles. The number of phenols is 1. The number of hydrogen-bond acceptors (Lipinski definition) is 3. The third kappa shape index (κ3) is 5.09. The number of aliphatic hydroxyl groups excluding tert-OH is 1. The van der Waals surface area contributed by atoms with Gasteiger partial charge in [-0.25, -0.2) is 0 Å². The van der Waals surface area contributed by atoms with Crippen molar-refractivity contribution in [2.24, 2.45) is 5.92 Å². The molecule has 3 nitrogen and oxygen atoms in total. The lowest BCUT2D eigenvalue weighted by atomic mass is 9.77. The summed E-state index contributed by atoms with van der Waals surface area (Å²) < 4.78 is 5.62. The van der Waals surface area contributed by atoms with Crippen molar-refractivity contribution in [3.05, 3.63) is 65.2 Å². The summed E-state index contributed by atoms with van der Waals surface area (Å²) in [6, 6.07) is 15.6. The maximum atomic E-state index is 9.92. The highest BCUT2D eigenvalue weighted by atomic mass is 35.5. The minimum atomic E-state index is -0.162. The molecule has 0 unspecified atom stereocenters. The molecule has 150 valence electrons. The van der Waals surface area contributed by atoms with Gasteiger partial charge in [0.2, 0.25) is 0 Å². The fourth-order valence-corrected chi connectivity index (χ4v) is 4.21. The molecule has 4 heteroatoms. The zero-order valence-electron chi connectivity index (χ0n) is 16.4. The highest BCUT2D eigenvalue weighted by Gasteiger charge is 2.25. The summed E-state index contributed by atoms with van der Waals surface area (Å²) in [5, 5.41) is 19.6. The number of rotatable bonds is 7. The Kier molecular flexibility index (Phi) is 7.41. The topological polar surface area (TPSA) is 49.7 Å². The van der Waals surface area contributed by atoms with Gasteiger partial charge in [-0.15, -0.1) is 11.6 Å². The molecule has 3 rings (SSSR count). The van der Waals surface area contributed by atoms with E-state index < -0.39 is 0 Å². The van der Waals surface area contributed by atoms with Gasteiger partial charge in [-0.1, -0.05) is 36.8 Å². The Balaban J connectivity index is 2.02. The molecule has 0 spiro atoms. The molecule has 0 radical (unpaired) electrons. The van der Waals surface area contributed by atoms with Gasteiger partial charge in [0.15, 0.2) is 0 Å². The molecule has 0 aromatic heterocycles. The quantitative estimate of drug-likeness (QED) is 0.580. The highest BCUT2D eigenvalue weighted by molar-refractivity contribution is 6.18. The number of phenolic OH excluding ortho intramolecular Hbond substituents is 1. The molecule has 2 aromatic rings. The lowest BCUT2D eigenvalue weighted by molar-refractivity contribution is 0.115. The molecule has 1 fully saturated rings. The first kappa shape index (κ1) is 20.8. The van der Waals surface area contributed by atoms with Crippen molar-refractivity contribution in [2.75, 3.05) is 12.5 Å². The second-order valence-corrected chi connectivity index (χ2v) is 7.75. The van der Waals surface area contributed by atoms with Crippen LogP contribution in [0, 0.1) is 5.92 Å². The fraction of sp³-hybridized carbons (Fsp3) is 0.417. The molecule has 0 bridgehead atoms. The van der Waals surface area contributed by atoms with E-state index in [2.05, 4.69) is 19.1 Å². The Morgan fingerprint density at radius 2 is 1.54 bits per heavy atom. The lowest BCUT2D eigenvalue weighted by Gasteiger charge is -2.29. The predicted octanol–water partition coefficient (Wildman–Crippen LogP) is 5.77. The first-order chi connectivity index (χ1) is 13.6. The van der Waals surface area contributed by atoms with Gasteiger partial charge in [-0.2, -0.15) is 0 Å². The van der Waals surface area contributed by atoms with Crippen LogP contribution in [0.2, 0.25) is 0 Å². The molecule has 28 heavy (non-hydrogen) atoms. The number of aliphatic hydroxyl groups is 1. The third-order valence-electron chi connectivity index (χ3n) is 5.54. The van der Waals surface area contributed by atoms with Gasteiger partial charge in [-0.3, -0.25) is 0 Å². The van der Waals surface area contributed by atoms with Crippen LogP contribution in [-0.2, 0) is 0 Å². The summed E-state index contributed by atoms with van der Waals surface area (Å²) >= 11 is 5.71. The van der Waals surface area contributed by atoms with Crippen LogP contribution in [0.3, 0.4) is 0 Å². The highest BCUT2D eigenvalue weighted by Crippen LogP contribution is 2.39. The van der Waals surface area contributed by atoms with Crippen LogP contribution >= 0.6 is 11.6 Å². The minimum Gasteiger partial charge on any atom is -0.508 e. The van der Waals surface area contributed by atoms with Gasteiger partial charge in [0.25, 0.3) is 0 Å². The molecule has 0 aliphatic heterocycles. The summed E-state index contributed by atoms with van der Waals surface area (Å²) in [7, 11) is 0. The van der Waals surface area contributed by atoms with Gasteiger partial charge in [0.05, 0.1) is 12.0 Å². The summed E-state index contributed by atoms with van der Waals surface area (Å²) in [6.07, 6.45) is 4.56. The zero-order chi connectivity index (χ0) is 19.9. The Bertz CT molecular complexity index is 773. The van der Waals surface area contributed by atoms with E-state index >= 15 is 0 Å². The van der Waals surface area contributed by atoms with Crippen LogP contribution < -0.4 is 4.74 Å². The summed E-state index contributed by atoms with van der Waals surface area (Å²) in [5.41, 5.74) is 4.90. The maximum absolute atomic E-state index is 9.92. The van der Waals surface area contributed by atoms with Gasteiger partial charge in [0.1, 0.15) is 18.1 Å². The van der Waals surface area contributed by atoms with E-state index in [9.17, 15) is 10.2 Å². The molecule has 0 heterocycles. The van der Waals surface area contributed by atoms with Crippen LogP contribution in [0.15, 0.2) is 54.1 Å². The van der Waals surface area contributed by atoms with E-state index in [4.69, 9.17) is 16.3 Å². The molecule has 1 aliphatic rings. The Morgan fingerprint density at radius 1 is 0.964 bits per heavy atom. The normalized spacial score (nSPS) is 20.5. The van der Waals surface area contributed by atoms with Gasteiger partial charge in [0, 0.05) is 0 Å². The number of halogens is 1. The largest absolute Gasteiger partial charge is 0.508 e. The fourth-order valence-electron chi connectivity index (χ4n) is 4.13. The van der Waals surface area contributed by atoms with E-state index in [0.29, 0.717) is 18.4 Å². The van der Waals surface area contributed by atoms with Crippen LogP contribution in [0.5, 0.6) is 11.5 Å². The first-order valence-corrected chi connectivity index (χ1v) is 10.7. The van der Waals surface area contributed by atoms with Gasteiger partial charge < -0.3 is 14.9 Å². The van der Waals surface area contributed by atoms with E-state index in [-0.39, 0.29) is 11.9 Å². The number of aromatic hydroxyl groups is 1. The lowest BCUT2D eigenvalue weighted by Crippen LogP contribution is -2.20. The molecule has 0 saturated heterocycles. The molecular formula is C24H29ClO3. The summed E-state index contributed by atoms with van der Waals surface area (Å²) in [6.45, 7) is 2.70.